The summed E-state index contributed by atoms with van der Waals surface area (Å²) in [5, 5.41) is 0.903. The van der Waals surface area contributed by atoms with Crippen molar-refractivity contribution in [3.8, 4) is 0 Å². The Morgan fingerprint density at radius 2 is 2.15 bits per heavy atom. The summed E-state index contributed by atoms with van der Waals surface area (Å²) in [5.74, 6) is 1.14. The van der Waals surface area contributed by atoms with Gasteiger partial charge in [0.15, 0.2) is 0 Å². The zero-order valence-electron chi connectivity index (χ0n) is 8.05. The molecule has 1 aromatic heterocycles. The molecule has 1 aliphatic carbocycles. The second-order valence-corrected chi connectivity index (χ2v) is 4.41. The van der Waals surface area contributed by atoms with Crippen LogP contribution in [0.3, 0.4) is 0 Å². The monoisotopic (exact) mass is 195 g/mol. The van der Waals surface area contributed by atoms with Crippen molar-refractivity contribution in [2.75, 3.05) is 0 Å². The van der Waals surface area contributed by atoms with Crippen molar-refractivity contribution in [1.82, 2.24) is 4.98 Å². The predicted molar refractivity (Wildman–Crippen MR) is 55.3 cm³/mol. The van der Waals surface area contributed by atoms with E-state index in [9.17, 15) is 0 Å². The predicted octanol–water partition coefficient (Wildman–Crippen LogP) is 3.74. The Bertz CT molecular complexity index is 296. The molecule has 1 saturated carbocycles. The molecule has 0 N–H and O–H groups in total. The fraction of sp³-hybridized carbons (Fsp3) is 0.545. The van der Waals surface area contributed by atoms with E-state index in [1.54, 1.807) is 0 Å². The van der Waals surface area contributed by atoms with Gasteiger partial charge < -0.3 is 0 Å². The van der Waals surface area contributed by atoms with Gasteiger partial charge in [0.05, 0.1) is 10.7 Å². The molecule has 0 bridgehead atoms. The Kier molecular flexibility index (Phi) is 2.29. The van der Waals surface area contributed by atoms with Crippen LogP contribution in [-0.4, -0.2) is 4.98 Å². The number of aromatic nitrogens is 1. The third-order valence-electron chi connectivity index (χ3n) is 2.53. The van der Waals surface area contributed by atoms with Crippen LogP contribution in [0.2, 0.25) is 5.02 Å². The lowest BCUT2D eigenvalue weighted by Crippen LogP contribution is -1.95. The molecule has 0 atom stereocenters. The van der Waals surface area contributed by atoms with E-state index in [-0.39, 0.29) is 0 Å². The molecule has 0 saturated heterocycles. The number of hydrogen-bond donors (Lipinski definition) is 0. The van der Waals surface area contributed by atoms with Crippen LogP contribution in [0.15, 0.2) is 12.3 Å². The van der Waals surface area contributed by atoms with Gasteiger partial charge in [0, 0.05) is 12.1 Å². The molecule has 2 rings (SSSR count). The molecule has 0 radical (unpaired) electrons. The molecule has 70 valence electrons. The summed E-state index contributed by atoms with van der Waals surface area (Å²) in [6.07, 6.45) is 4.40. The average Bonchev–Trinajstić information content (AvgIpc) is 2.87. The summed E-state index contributed by atoms with van der Waals surface area (Å²) in [6, 6.07) is 2.03. The fourth-order valence-electron chi connectivity index (χ4n) is 1.56. The summed E-state index contributed by atoms with van der Waals surface area (Å²) in [6.45, 7) is 4.33. The van der Waals surface area contributed by atoms with Crippen molar-refractivity contribution in [3.63, 3.8) is 0 Å². The van der Waals surface area contributed by atoms with E-state index < -0.39 is 0 Å². The van der Waals surface area contributed by atoms with E-state index in [4.69, 9.17) is 11.6 Å². The number of nitrogens with zero attached hydrogens (tertiary/aromatic N) is 1. The van der Waals surface area contributed by atoms with Gasteiger partial charge in [-0.2, -0.15) is 0 Å². The van der Waals surface area contributed by atoms with Crippen molar-refractivity contribution in [1.29, 1.82) is 0 Å². The van der Waals surface area contributed by atoms with E-state index in [2.05, 4.69) is 18.8 Å². The Morgan fingerprint density at radius 3 is 2.69 bits per heavy atom. The SMILES string of the molecule is CC(C)c1ccnc(C2CC2)c1Cl. The Balaban J connectivity index is 2.41. The number of rotatable bonds is 2. The van der Waals surface area contributed by atoms with Crippen molar-refractivity contribution in [2.24, 2.45) is 0 Å². The lowest BCUT2D eigenvalue weighted by Gasteiger charge is -2.10. The normalized spacial score (nSPS) is 16.6. The molecule has 2 heteroatoms. The average molecular weight is 196 g/mol. The van der Waals surface area contributed by atoms with Crippen LogP contribution in [0.25, 0.3) is 0 Å². The maximum Gasteiger partial charge on any atom is 0.0658 e. The van der Waals surface area contributed by atoms with Crippen LogP contribution in [0.4, 0.5) is 0 Å². The first-order valence-electron chi connectivity index (χ1n) is 4.84. The van der Waals surface area contributed by atoms with Crippen molar-refractivity contribution in [2.45, 2.75) is 38.5 Å². The quantitative estimate of drug-likeness (QED) is 0.701. The molecule has 0 spiro atoms. The van der Waals surface area contributed by atoms with Crippen LogP contribution >= 0.6 is 11.6 Å². The minimum atomic E-state index is 0.494. The van der Waals surface area contributed by atoms with Crippen molar-refractivity contribution in [3.05, 3.63) is 28.5 Å². The lowest BCUT2D eigenvalue weighted by atomic mass is 10.0. The smallest absolute Gasteiger partial charge is 0.0658 e. The fourth-order valence-corrected chi connectivity index (χ4v) is 2.05. The zero-order valence-corrected chi connectivity index (χ0v) is 8.80. The molecule has 0 aromatic carbocycles. The number of halogens is 1. The van der Waals surface area contributed by atoms with E-state index in [1.807, 2.05) is 12.3 Å². The van der Waals surface area contributed by atoms with Gasteiger partial charge in [-0.1, -0.05) is 25.4 Å². The largest absolute Gasteiger partial charge is 0.259 e. The first-order chi connectivity index (χ1) is 6.20. The van der Waals surface area contributed by atoms with E-state index >= 15 is 0 Å². The molecule has 0 unspecified atom stereocenters. The van der Waals surface area contributed by atoms with Crippen molar-refractivity contribution < 1.29 is 0 Å². The Morgan fingerprint density at radius 1 is 1.46 bits per heavy atom. The summed E-state index contributed by atoms with van der Waals surface area (Å²) >= 11 is 6.28. The molecular formula is C11H14ClN. The Hall–Kier alpha value is -0.560. The zero-order chi connectivity index (χ0) is 9.42. The minimum absolute atomic E-state index is 0.494. The van der Waals surface area contributed by atoms with Crippen LogP contribution in [0, 0.1) is 0 Å². The van der Waals surface area contributed by atoms with Crippen molar-refractivity contribution >= 4 is 11.6 Å². The molecule has 1 aliphatic rings. The van der Waals surface area contributed by atoms with E-state index in [0.717, 1.165) is 10.7 Å². The molecule has 1 fully saturated rings. The van der Waals surface area contributed by atoms with Crippen LogP contribution in [0.5, 0.6) is 0 Å². The van der Waals surface area contributed by atoms with Gasteiger partial charge in [-0.15, -0.1) is 0 Å². The third kappa shape index (κ3) is 1.71. The number of pyridine rings is 1. The molecular weight excluding hydrogens is 182 g/mol. The van der Waals surface area contributed by atoms with Gasteiger partial charge in [0.25, 0.3) is 0 Å². The summed E-state index contributed by atoms with van der Waals surface area (Å²) in [5.41, 5.74) is 2.35. The lowest BCUT2D eigenvalue weighted by molar-refractivity contribution is 0.853. The summed E-state index contributed by atoms with van der Waals surface area (Å²) < 4.78 is 0. The molecule has 1 nitrogen and oxygen atoms in total. The highest BCUT2D eigenvalue weighted by atomic mass is 35.5. The maximum atomic E-state index is 6.28. The maximum absolute atomic E-state index is 6.28. The molecule has 0 aliphatic heterocycles. The third-order valence-corrected chi connectivity index (χ3v) is 2.94. The first kappa shape index (κ1) is 9.01. The van der Waals surface area contributed by atoms with Gasteiger partial charge in [-0.3, -0.25) is 4.98 Å². The van der Waals surface area contributed by atoms with Crippen LogP contribution < -0.4 is 0 Å². The topological polar surface area (TPSA) is 12.9 Å². The van der Waals surface area contributed by atoms with Crippen LogP contribution in [-0.2, 0) is 0 Å². The molecule has 1 aromatic rings. The minimum Gasteiger partial charge on any atom is -0.259 e. The van der Waals surface area contributed by atoms with Gasteiger partial charge in [0.2, 0.25) is 0 Å². The highest BCUT2D eigenvalue weighted by Gasteiger charge is 2.28. The molecule has 0 amide bonds. The van der Waals surface area contributed by atoms with Gasteiger partial charge in [0.1, 0.15) is 0 Å². The van der Waals surface area contributed by atoms with Gasteiger partial charge >= 0.3 is 0 Å². The van der Waals surface area contributed by atoms with Crippen LogP contribution in [0.1, 0.15) is 49.8 Å². The van der Waals surface area contributed by atoms with E-state index in [1.165, 1.54) is 18.4 Å². The summed E-state index contributed by atoms with van der Waals surface area (Å²) in [4.78, 5) is 4.35. The second kappa shape index (κ2) is 3.30. The number of hydrogen-bond acceptors (Lipinski definition) is 1. The van der Waals surface area contributed by atoms with Gasteiger partial charge in [-0.25, -0.2) is 0 Å². The molecule has 13 heavy (non-hydrogen) atoms. The summed E-state index contributed by atoms with van der Waals surface area (Å²) in [7, 11) is 0. The Labute approximate surface area is 84.1 Å². The second-order valence-electron chi connectivity index (χ2n) is 4.03. The highest BCUT2D eigenvalue weighted by molar-refractivity contribution is 6.32. The first-order valence-corrected chi connectivity index (χ1v) is 5.22. The van der Waals surface area contributed by atoms with Gasteiger partial charge in [-0.05, 0) is 30.4 Å². The molecule has 1 heterocycles. The highest BCUT2D eigenvalue weighted by Crippen LogP contribution is 2.43. The van der Waals surface area contributed by atoms with E-state index in [0.29, 0.717) is 11.8 Å². The standard InChI is InChI=1S/C11H14ClN/c1-7(2)9-5-6-13-11(10(9)12)8-3-4-8/h5-8H,3-4H2,1-2H3.